The Labute approximate surface area is 233 Å². The van der Waals surface area contributed by atoms with Crippen molar-refractivity contribution in [2.24, 2.45) is 0 Å². The van der Waals surface area contributed by atoms with Gasteiger partial charge in [-0.15, -0.1) is 0 Å². The van der Waals surface area contributed by atoms with Crippen LogP contribution in [0, 0.1) is 0 Å². The molecule has 2 N–H and O–H groups in total. The highest BCUT2D eigenvalue weighted by Gasteiger charge is 2.30. The fourth-order valence-electron chi connectivity index (χ4n) is 5.49. The number of para-hydroxylation sites is 1. The Balaban J connectivity index is 1.16. The molecule has 0 radical (unpaired) electrons. The van der Waals surface area contributed by atoms with Crippen LogP contribution in [-0.4, -0.2) is 56.6 Å². The number of benzene rings is 3. The van der Waals surface area contributed by atoms with E-state index < -0.39 is 0 Å². The van der Waals surface area contributed by atoms with Crippen molar-refractivity contribution in [3.05, 3.63) is 83.4 Å². The maximum atomic E-state index is 12.7. The van der Waals surface area contributed by atoms with Crippen molar-refractivity contribution in [1.29, 1.82) is 0 Å². The van der Waals surface area contributed by atoms with Crippen LogP contribution in [-0.2, 0) is 12.8 Å². The number of amides is 2. The van der Waals surface area contributed by atoms with Crippen LogP contribution in [0.15, 0.2) is 66.7 Å². The van der Waals surface area contributed by atoms with Crippen molar-refractivity contribution in [3.63, 3.8) is 0 Å². The molecule has 206 valence electrons. The highest BCUT2D eigenvalue weighted by atomic mass is 16.7. The second-order valence-corrected chi connectivity index (χ2v) is 9.87. The molecule has 3 heterocycles. The third-order valence-electron chi connectivity index (χ3n) is 7.50. The van der Waals surface area contributed by atoms with Gasteiger partial charge in [0, 0.05) is 31.1 Å². The van der Waals surface area contributed by atoms with E-state index in [2.05, 4.69) is 38.7 Å². The molecule has 1 unspecified atom stereocenters. The monoisotopic (exact) mass is 540 g/mol. The predicted octanol–water partition coefficient (Wildman–Crippen LogP) is 4.94. The molecule has 9 nitrogen and oxygen atoms in total. The quantitative estimate of drug-likeness (QED) is 0.327. The number of carbonyl (C=O) groups is 1. The molecule has 40 heavy (non-hydrogen) atoms. The van der Waals surface area contributed by atoms with Gasteiger partial charge in [0.25, 0.3) is 0 Å². The number of hydrogen-bond acceptors (Lipinski definition) is 7. The maximum Gasteiger partial charge on any atom is 0.320 e. The van der Waals surface area contributed by atoms with E-state index in [4.69, 9.17) is 18.9 Å². The predicted molar refractivity (Wildman–Crippen MR) is 153 cm³/mol. The Morgan fingerprint density at radius 3 is 2.67 bits per heavy atom. The zero-order valence-corrected chi connectivity index (χ0v) is 22.6. The molecule has 1 aromatic heterocycles. The van der Waals surface area contributed by atoms with E-state index in [9.17, 15) is 4.79 Å². The van der Waals surface area contributed by atoms with Crippen LogP contribution in [0.25, 0.3) is 10.9 Å². The van der Waals surface area contributed by atoms with Gasteiger partial charge in [-0.25, -0.2) is 9.78 Å². The fraction of sp³-hybridized carbons (Fsp3) is 0.290. The minimum absolute atomic E-state index is 0.0865. The first-order valence-corrected chi connectivity index (χ1v) is 13.4. The Hall–Kier alpha value is -4.50. The number of ether oxygens (including phenoxy) is 4. The number of anilines is 1. The molecule has 2 aliphatic heterocycles. The minimum Gasteiger partial charge on any atom is -0.493 e. The number of pyridine rings is 1. The van der Waals surface area contributed by atoms with Crippen molar-refractivity contribution in [2.75, 3.05) is 46.0 Å². The van der Waals surface area contributed by atoms with Gasteiger partial charge < -0.3 is 24.3 Å². The summed E-state index contributed by atoms with van der Waals surface area (Å²) in [6.45, 7) is 2.28. The summed E-state index contributed by atoms with van der Waals surface area (Å²) in [5, 5.41) is 6.88. The first-order valence-electron chi connectivity index (χ1n) is 13.4. The second-order valence-electron chi connectivity index (χ2n) is 9.87. The summed E-state index contributed by atoms with van der Waals surface area (Å²) >= 11 is 0. The van der Waals surface area contributed by atoms with Crippen LogP contribution >= 0.6 is 0 Å². The van der Waals surface area contributed by atoms with Gasteiger partial charge in [-0.3, -0.25) is 10.2 Å². The van der Waals surface area contributed by atoms with Crippen LogP contribution in [0.2, 0.25) is 0 Å². The molecule has 0 spiro atoms. The summed E-state index contributed by atoms with van der Waals surface area (Å²) in [7, 11) is 3.28. The van der Waals surface area contributed by atoms with Gasteiger partial charge in [-0.05, 0) is 72.0 Å². The Bertz CT molecular complexity index is 1540. The Morgan fingerprint density at radius 1 is 1.00 bits per heavy atom. The number of nitrogens with zero attached hydrogens (tertiary/aromatic N) is 2. The van der Waals surface area contributed by atoms with E-state index in [1.807, 2.05) is 48.5 Å². The van der Waals surface area contributed by atoms with Gasteiger partial charge in [-0.2, -0.15) is 0 Å². The van der Waals surface area contributed by atoms with Crippen LogP contribution in [0.5, 0.6) is 23.0 Å². The van der Waals surface area contributed by atoms with Crippen molar-refractivity contribution in [2.45, 2.75) is 18.9 Å². The SMILES string of the molecule is COc1ccc(CC2c3cc4c(cc3CCN2CCNC(=O)Nc2ccc3ccccc3n2)OCO4)cc1OC. The topological polar surface area (TPSA) is 94.2 Å². The van der Waals surface area contributed by atoms with Crippen molar-refractivity contribution < 1.29 is 23.7 Å². The third kappa shape index (κ3) is 5.33. The molecular formula is C31H32N4O5. The highest BCUT2D eigenvalue weighted by Crippen LogP contribution is 2.42. The minimum atomic E-state index is -0.278. The average molecular weight is 541 g/mol. The van der Waals surface area contributed by atoms with Crippen LogP contribution < -0.4 is 29.6 Å². The number of methoxy groups -OCH3 is 2. The third-order valence-corrected chi connectivity index (χ3v) is 7.50. The second kappa shape index (κ2) is 11.3. The molecule has 0 saturated heterocycles. The lowest BCUT2D eigenvalue weighted by Gasteiger charge is -2.38. The number of hydrogen-bond donors (Lipinski definition) is 2. The summed E-state index contributed by atoms with van der Waals surface area (Å²) in [6, 6.07) is 21.7. The van der Waals surface area contributed by atoms with Gasteiger partial charge in [0.05, 0.1) is 19.7 Å². The normalized spacial score (nSPS) is 15.9. The summed E-state index contributed by atoms with van der Waals surface area (Å²) < 4.78 is 22.3. The van der Waals surface area contributed by atoms with E-state index in [0.717, 1.165) is 47.4 Å². The zero-order valence-electron chi connectivity index (χ0n) is 22.6. The van der Waals surface area contributed by atoms with E-state index in [1.165, 1.54) is 11.1 Å². The molecule has 2 amide bonds. The largest absolute Gasteiger partial charge is 0.493 e. The zero-order chi connectivity index (χ0) is 27.5. The molecular weight excluding hydrogens is 508 g/mol. The molecule has 0 saturated carbocycles. The van der Waals surface area contributed by atoms with Gasteiger partial charge in [0.2, 0.25) is 6.79 Å². The van der Waals surface area contributed by atoms with Crippen molar-refractivity contribution in [3.8, 4) is 23.0 Å². The first kappa shape index (κ1) is 25.8. The number of fused-ring (bicyclic) bond motifs is 3. The highest BCUT2D eigenvalue weighted by molar-refractivity contribution is 5.90. The molecule has 0 fully saturated rings. The van der Waals surface area contributed by atoms with Crippen LogP contribution in [0.4, 0.5) is 10.6 Å². The standard InChI is InChI=1S/C31H32N4O5/c1-37-26-9-7-20(16-27(26)38-2)15-25-23-18-29-28(39-19-40-29)17-22(23)11-13-35(25)14-12-32-31(36)34-30-10-8-21-5-3-4-6-24(21)33-30/h3-10,16-18,25H,11-15,19H2,1-2H3,(H2,32,33,34,36). The lowest BCUT2D eigenvalue weighted by Crippen LogP contribution is -2.42. The lowest BCUT2D eigenvalue weighted by atomic mass is 9.88. The Morgan fingerprint density at radius 2 is 1.82 bits per heavy atom. The summed E-state index contributed by atoms with van der Waals surface area (Å²) in [5.74, 6) is 3.50. The van der Waals surface area contributed by atoms with Crippen molar-refractivity contribution in [1.82, 2.24) is 15.2 Å². The van der Waals surface area contributed by atoms with Crippen LogP contribution in [0.1, 0.15) is 22.7 Å². The summed E-state index contributed by atoms with van der Waals surface area (Å²) in [6.07, 6.45) is 1.65. The smallest absolute Gasteiger partial charge is 0.320 e. The molecule has 1 atom stereocenters. The molecule has 9 heteroatoms. The van der Waals surface area contributed by atoms with E-state index >= 15 is 0 Å². The first-order chi connectivity index (χ1) is 19.6. The Kier molecular flexibility index (Phi) is 7.29. The molecule has 3 aromatic carbocycles. The number of rotatable bonds is 8. The van der Waals surface area contributed by atoms with Crippen molar-refractivity contribution >= 4 is 22.8 Å². The van der Waals surface area contributed by atoms with Gasteiger partial charge in [0.1, 0.15) is 5.82 Å². The van der Waals surface area contributed by atoms with Gasteiger partial charge in [-0.1, -0.05) is 24.3 Å². The fourth-order valence-corrected chi connectivity index (χ4v) is 5.49. The number of nitrogens with one attached hydrogen (secondary N) is 2. The lowest BCUT2D eigenvalue weighted by molar-refractivity contribution is 0.173. The number of aromatic nitrogens is 1. The van der Waals surface area contributed by atoms with E-state index in [-0.39, 0.29) is 18.9 Å². The summed E-state index contributed by atoms with van der Waals surface area (Å²) in [5.41, 5.74) is 4.45. The average Bonchev–Trinajstić information content (AvgIpc) is 3.44. The summed E-state index contributed by atoms with van der Waals surface area (Å²) in [4.78, 5) is 19.6. The number of urea groups is 1. The molecule has 0 bridgehead atoms. The maximum absolute atomic E-state index is 12.7. The van der Waals surface area contributed by atoms with Gasteiger partial charge >= 0.3 is 6.03 Å². The van der Waals surface area contributed by atoms with Crippen LogP contribution in [0.3, 0.4) is 0 Å². The molecule has 2 aliphatic rings. The van der Waals surface area contributed by atoms with E-state index in [1.54, 1.807) is 14.2 Å². The number of carbonyl (C=O) groups excluding carboxylic acids is 1. The van der Waals surface area contributed by atoms with Gasteiger partial charge in [0.15, 0.2) is 23.0 Å². The molecule has 4 aromatic rings. The van der Waals surface area contributed by atoms with E-state index in [0.29, 0.717) is 30.4 Å². The molecule has 0 aliphatic carbocycles. The molecule has 6 rings (SSSR count).